The van der Waals surface area contributed by atoms with Gasteiger partial charge in [-0.2, -0.15) is 0 Å². The number of methoxy groups -OCH3 is 1. The summed E-state index contributed by atoms with van der Waals surface area (Å²) >= 11 is 1.62. The molecule has 0 bridgehead atoms. The van der Waals surface area contributed by atoms with E-state index in [1.54, 1.807) is 42.4 Å². The van der Waals surface area contributed by atoms with Gasteiger partial charge in [-0.15, -0.1) is 0 Å². The van der Waals surface area contributed by atoms with E-state index in [0.717, 1.165) is 21.1 Å². The Kier molecular flexibility index (Phi) is 5.66. The van der Waals surface area contributed by atoms with E-state index in [2.05, 4.69) is 4.90 Å². The van der Waals surface area contributed by atoms with Gasteiger partial charge in [-0.1, -0.05) is 24.3 Å². The Hall–Kier alpha value is -2.65. The lowest BCUT2D eigenvalue weighted by Crippen LogP contribution is -2.48. The predicted molar refractivity (Wildman–Crippen MR) is 118 cm³/mol. The van der Waals surface area contributed by atoms with Gasteiger partial charge >= 0.3 is 0 Å². The molecule has 1 fully saturated rings. The van der Waals surface area contributed by atoms with Crippen LogP contribution in [0.3, 0.4) is 0 Å². The highest BCUT2D eigenvalue weighted by Crippen LogP contribution is 2.34. The summed E-state index contributed by atoms with van der Waals surface area (Å²) in [6, 6.07) is 12.1. The molecule has 0 atom stereocenters. The lowest BCUT2D eigenvalue weighted by atomic mass is 10.2. The number of aromatic nitrogens is 1. The number of carbonyl (C=O) groups is 1. The van der Waals surface area contributed by atoms with Crippen molar-refractivity contribution in [3.8, 4) is 5.75 Å². The fourth-order valence-electron chi connectivity index (χ4n) is 3.47. The molecule has 7 nitrogen and oxygen atoms in total. The number of nitrogens with zero attached hydrogens (tertiary/aromatic N) is 3. The van der Waals surface area contributed by atoms with Gasteiger partial charge in [0.1, 0.15) is 11.3 Å². The standard InChI is InChI=1S/C21H23N3O4S2/c1-3-30(26,27)16-9-7-15(8-10-16)20(25)23-11-13-24(14-12-23)21-22-19-17(28-2)5-4-6-18(19)29-21/h4-10H,3,11-14H2,1-2H3. The number of carbonyl (C=O) groups excluding carboxylic acids is 1. The monoisotopic (exact) mass is 445 g/mol. The van der Waals surface area contributed by atoms with E-state index in [4.69, 9.17) is 9.72 Å². The number of amides is 1. The first-order valence-electron chi connectivity index (χ1n) is 9.73. The maximum atomic E-state index is 12.8. The van der Waals surface area contributed by atoms with Gasteiger partial charge in [0.2, 0.25) is 0 Å². The highest BCUT2D eigenvalue weighted by molar-refractivity contribution is 7.91. The number of para-hydroxylation sites is 1. The number of hydrogen-bond donors (Lipinski definition) is 0. The number of fused-ring (bicyclic) bond motifs is 1. The zero-order valence-electron chi connectivity index (χ0n) is 16.9. The lowest BCUT2D eigenvalue weighted by Gasteiger charge is -2.34. The van der Waals surface area contributed by atoms with Gasteiger partial charge in [0, 0.05) is 31.7 Å². The van der Waals surface area contributed by atoms with Crippen LogP contribution in [-0.4, -0.2) is 63.3 Å². The summed E-state index contributed by atoms with van der Waals surface area (Å²) in [6.07, 6.45) is 0. The molecule has 0 unspecified atom stereocenters. The molecule has 30 heavy (non-hydrogen) atoms. The maximum Gasteiger partial charge on any atom is 0.253 e. The fourth-order valence-corrected chi connectivity index (χ4v) is 5.39. The minimum Gasteiger partial charge on any atom is -0.494 e. The van der Waals surface area contributed by atoms with Crippen molar-refractivity contribution >= 4 is 42.4 Å². The summed E-state index contributed by atoms with van der Waals surface area (Å²) in [5, 5.41) is 0.927. The van der Waals surface area contributed by atoms with Gasteiger partial charge in [-0.05, 0) is 36.4 Å². The molecule has 1 aliphatic rings. The quantitative estimate of drug-likeness (QED) is 0.601. The van der Waals surface area contributed by atoms with E-state index in [0.29, 0.717) is 31.7 Å². The zero-order chi connectivity index (χ0) is 21.3. The van der Waals surface area contributed by atoms with Crippen LogP contribution in [0, 0.1) is 0 Å². The smallest absolute Gasteiger partial charge is 0.253 e. The second kappa shape index (κ2) is 8.23. The average Bonchev–Trinajstić information content (AvgIpc) is 3.23. The predicted octanol–water partition coefficient (Wildman–Crippen LogP) is 3.06. The number of anilines is 1. The van der Waals surface area contributed by atoms with Crippen LogP contribution in [-0.2, 0) is 9.84 Å². The van der Waals surface area contributed by atoms with Gasteiger partial charge < -0.3 is 14.5 Å². The SMILES string of the molecule is CCS(=O)(=O)c1ccc(C(=O)N2CCN(c3nc4c(OC)cccc4s3)CC2)cc1. The first-order valence-corrected chi connectivity index (χ1v) is 12.2. The van der Waals surface area contributed by atoms with Crippen LogP contribution in [0.15, 0.2) is 47.4 Å². The Morgan fingerprint density at radius 2 is 1.80 bits per heavy atom. The lowest BCUT2D eigenvalue weighted by molar-refractivity contribution is 0.0746. The molecule has 4 rings (SSSR count). The number of rotatable bonds is 5. The summed E-state index contributed by atoms with van der Waals surface area (Å²) in [5.41, 5.74) is 1.36. The third kappa shape index (κ3) is 3.87. The van der Waals surface area contributed by atoms with Crippen LogP contribution < -0.4 is 9.64 Å². The van der Waals surface area contributed by atoms with Crippen LogP contribution in [0.4, 0.5) is 5.13 Å². The fraction of sp³-hybridized carbons (Fsp3) is 0.333. The number of ether oxygens (including phenoxy) is 1. The van der Waals surface area contributed by atoms with Gasteiger partial charge in [0.15, 0.2) is 15.0 Å². The van der Waals surface area contributed by atoms with Crippen LogP contribution in [0.5, 0.6) is 5.75 Å². The Labute approximate surface area is 179 Å². The zero-order valence-corrected chi connectivity index (χ0v) is 18.5. The van der Waals surface area contributed by atoms with Gasteiger partial charge in [-0.25, -0.2) is 13.4 Å². The molecule has 0 N–H and O–H groups in total. The Morgan fingerprint density at radius 3 is 2.43 bits per heavy atom. The molecule has 158 valence electrons. The topological polar surface area (TPSA) is 79.8 Å². The van der Waals surface area contributed by atoms with Crippen LogP contribution in [0.2, 0.25) is 0 Å². The molecule has 3 aromatic rings. The van der Waals surface area contributed by atoms with E-state index in [9.17, 15) is 13.2 Å². The number of benzene rings is 2. The maximum absolute atomic E-state index is 12.8. The molecule has 1 aliphatic heterocycles. The molecule has 9 heteroatoms. The molecular weight excluding hydrogens is 422 g/mol. The van der Waals surface area contributed by atoms with Crippen molar-refractivity contribution in [1.82, 2.24) is 9.88 Å². The van der Waals surface area contributed by atoms with E-state index < -0.39 is 9.84 Å². The average molecular weight is 446 g/mol. The summed E-state index contributed by atoms with van der Waals surface area (Å²) in [7, 11) is -1.62. The highest BCUT2D eigenvalue weighted by atomic mass is 32.2. The molecule has 0 radical (unpaired) electrons. The number of hydrogen-bond acceptors (Lipinski definition) is 7. The van der Waals surface area contributed by atoms with Crippen molar-refractivity contribution in [2.45, 2.75) is 11.8 Å². The van der Waals surface area contributed by atoms with Crippen LogP contribution in [0.25, 0.3) is 10.2 Å². The second-order valence-electron chi connectivity index (χ2n) is 7.01. The normalized spacial score (nSPS) is 14.9. The minimum atomic E-state index is -3.27. The van der Waals surface area contributed by atoms with E-state index in [-0.39, 0.29) is 16.6 Å². The number of sulfone groups is 1. The Bertz CT molecular complexity index is 1160. The third-order valence-electron chi connectivity index (χ3n) is 5.27. The number of piperazine rings is 1. The molecule has 1 saturated heterocycles. The van der Waals surface area contributed by atoms with Crippen LogP contribution in [0.1, 0.15) is 17.3 Å². The number of thiazole rings is 1. The molecule has 2 aromatic carbocycles. The summed E-state index contributed by atoms with van der Waals surface area (Å²) in [4.78, 5) is 21.8. The second-order valence-corrected chi connectivity index (χ2v) is 10.3. The van der Waals surface area contributed by atoms with Gasteiger partial charge in [0.05, 0.1) is 22.5 Å². The van der Waals surface area contributed by atoms with E-state index in [1.807, 2.05) is 18.2 Å². The van der Waals surface area contributed by atoms with Gasteiger partial charge in [0.25, 0.3) is 5.91 Å². The van der Waals surface area contributed by atoms with Crippen molar-refractivity contribution in [3.05, 3.63) is 48.0 Å². The molecular formula is C21H23N3O4S2. The van der Waals surface area contributed by atoms with E-state index in [1.165, 1.54) is 12.1 Å². The minimum absolute atomic E-state index is 0.0416. The largest absolute Gasteiger partial charge is 0.494 e. The van der Waals surface area contributed by atoms with Crippen molar-refractivity contribution in [1.29, 1.82) is 0 Å². The Balaban J connectivity index is 1.44. The third-order valence-corrected chi connectivity index (χ3v) is 8.10. The molecule has 2 heterocycles. The van der Waals surface area contributed by atoms with Gasteiger partial charge in [-0.3, -0.25) is 4.79 Å². The Morgan fingerprint density at radius 1 is 1.10 bits per heavy atom. The highest BCUT2D eigenvalue weighted by Gasteiger charge is 2.24. The summed E-state index contributed by atoms with van der Waals surface area (Å²) in [6.45, 7) is 4.16. The van der Waals surface area contributed by atoms with E-state index >= 15 is 0 Å². The molecule has 0 aliphatic carbocycles. The van der Waals surface area contributed by atoms with Crippen molar-refractivity contribution < 1.29 is 17.9 Å². The summed E-state index contributed by atoms with van der Waals surface area (Å²) in [5.74, 6) is 0.721. The molecule has 0 spiro atoms. The first kappa shape index (κ1) is 20.6. The summed E-state index contributed by atoms with van der Waals surface area (Å²) < 4.78 is 30.4. The van der Waals surface area contributed by atoms with Crippen LogP contribution >= 0.6 is 11.3 Å². The molecule has 1 aromatic heterocycles. The van der Waals surface area contributed by atoms with Crippen molar-refractivity contribution in [3.63, 3.8) is 0 Å². The molecule has 1 amide bonds. The van der Waals surface area contributed by atoms with Crippen molar-refractivity contribution in [2.24, 2.45) is 0 Å². The van der Waals surface area contributed by atoms with Crippen molar-refractivity contribution in [2.75, 3.05) is 43.9 Å². The molecule has 0 saturated carbocycles. The first-order chi connectivity index (χ1) is 14.4.